The van der Waals surface area contributed by atoms with Gasteiger partial charge >= 0.3 is 0 Å². The molecule has 0 spiro atoms. The van der Waals surface area contributed by atoms with Crippen molar-refractivity contribution in [2.75, 3.05) is 9.80 Å². The number of hydrogen-bond acceptors (Lipinski definition) is 3. The van der Waals surface area contributed by atoms with E-state index in [-0.39, 0.29) is 24.2 Å². The lowest BCUT2D eigenvalue weighted by atomic mass is 9.33. The summed E-state index contributed by atoms with van der Waals surface area (Å²) in [4.78, 5) is 4.69. The van der Waals surface area contributed by atoms with Gasteiger partial charge in [0.1, 0.15) is 11.2 Å². The number of hydrogen-bond donors (Lipinski definition) is 0. The standard InChI is InChI=1S/C56H43BN2O/c1-3-16-36(17-4-1)42-32-30-38-19-8-10-23-41(38)56(42)59-50-28-15-27-49-55(50)57(46-34-44-43-24-11-14-29-52(43)60-53(44)35-51(46)59)45-25-12-13-26-47(45)58(49)48-33-31-37-18-7-9-22-40(37)54(48)39-20-5-2-6-21-39/h1-6,11-17,20-21,24-35H,7-10,18-19,22-23H2/i12D,13D,25D,26D. The minimum atomic E-state index is -0.513. The summed E-state index contributed by atoms with van der Waals surface area (Å²) in [6.45, 7) is -0.513. The molecule has 0 atom stereocenters. The molecule has 4 aliphatic rings. The minimum absolute atomic E-state index is 0.00992. The van der Waals surface area contributed by atoms with Gasteiger partial charge in [0.2, 0.25) is 0 Å². The Morgan fingerprint density at radius 3 is 2.00 bits per heavy atom. The number of nitrogens with zero attached hydrogens (tertiary/aromatic N) is 2. The molecule has 0 saturated heterocycles. The smallest absolute Gasteiger partial charge is 0.252 e. The van der Waals surface area contributed by atoms with Crippen LogP contribution in [0.2, 0.25) is 0 Å². The van der Waals surface area contributed by atoms with Crippen LogP contribution in [0.3, 0.4) is 0 Å². The molecule has 0 N–H and O–H groups in total. The molecule has 0 saturated carbocycles. The van der Waals surface area contributed by atoms with Crippen molar-refractivity contribution in [1.29, 1.82) is 0 Å². The number of benzene rings is 8. The first-order valence-electron chi connectivity index (χ1n) is 23.6. The monoisotopic (exact) mass is 774 g/mol. The Hall–Kier alpha value is -6.78. The van der Waals surface area contributed by atoms with Crippen LogP contribution in [0.15, 0.2) is 168 Å². The van der Waals surface area contributed by atoms with Crippen molar-refractivity contribution >= 4 is 79.2 Å². The predicted octanol–water partition coefficient (Wildman–Crippen LogP) is 12.8. The van der Waals surface area contributed by atoms with Gasteiger partial charge in [-0.25, -0.2) is 0 Å². The van der Waals surface area contributed by atoms with Crippen molar-refractivity contribution < 1.29 is 9.90 Å². The number of furan rings is 1. The molecule has 0 unspecified atom stereocenters. The molecule has 0 bridgehead atoms. The normalized spacial score (nSPS) is 16.0. The van der Waals surface area contributed by atoms with E-state index in [1.54, 1.807) is 0 Å². The van der Waals surface area contributed by atoms with Gasteiger partial charge in [-0.15, -0.1) is 0 Å². The van der Waals surface area contributed by atoms with Gasteiger partial charge in [-0.05, 0) is 131 Å². The second-order valence-corrected chi connectivity index (χ2v) is 16.9. The Balaban J connectivity index is 1.19. The molecule has 0 radical (unpaired) electrons. The van der Waals surface area contributed by atoms with Gasteiger partial charge in [0.05, 0.1) is 16.9 Å². The molecular formula is C56H43BN2O. The third kappa shape index (κ3) is 4.97. The van der Waals surface area contributed by atoms with E-state index >= 15 is 0 Å². The van der Waals surface area contributed by atoms with Gasteiger partial charge in [-0.3, -0.25) is 0 Å². The number of aryl methyl sites for hydroxylation is 2. The lowest BCUT2D eigenvalue weighted by Crippen LogP contribution is -2.61. The first-order valence-corrected chi connectivity index (χ1v) is 21.6. The fourth-order valence-corrected chi connectivity index (χ4v) is 11.2. The van der Waals surface area contributed by atoms with Crippen LogP contribution in [0, 0.1) is 0 Å². The number of para-hydroxylation sites is 2. The predicted molar refractivity (Wildman–Crippen MR) is 252 cm³/mol. The van der Waals surface area contributed by atoms with Crippen molar-refractivity contribution in [2.24, 2.45) is 0 Å². The number of anilines is 6. The largest absolute Gasteiger partial charge is 0.456 e. The highest BCUT2D eigenvalue weighted by atomic mass is 16.3. The fraction of sp³-hybridized carbons (Fsp3) is 0.143. The summed E-state index contributed by atoms with van der Waals surface area (Å²) in [7, 11) is 0. The molecule has 8 aromatic carbocycles. The van der Waals surface area contributed by atoms with Crippen LogP contribution in [-0.4, -0.2) is 6.71 Å². The Morgan fingerprint density at radius 2 is 1.17 bits per heavy atom. The molecule has 3 nitrogen and oxygen atoms in total. The van der Waals surface area contributed by atoms with Crippen molar-refractivity contribution in [3.8, 4) is 22.3 Å². The molecular weight excluding hydrogens is 727 g/mol. The lowest BCUT2D eigenvalue weighted by Gasteiger charge is -2.45. The number of rotatable bonds is 4. The van der Waals surface area contributed by atoms with E-state index in [0.717, 1.165) is 135 Å². The maximum atomic E-state index is 9.94. The molecule has 286 valence electrons. The minimum Gasteiger partial charge on any atom is -0.456 e. The third-order valence-corrected chi connectivity index (χ3v) is 13.7. The second kappa shape index (κ2) is 13.4. The van der Waals surface area contributed by atoms with Gasteiger partial charge in [0.15, 0.2) is 0 Å². The van der Waals surface area contributed by atoms with Gasteiger partial charge in [-0.2, -0.15) is 0 Å². The van der Waals surface area contributed by atoms with Crippen molar-refractivity contribution in [3.63, 3.8) is 0 Å². The topological polar surface area (TPSA) is 19.6 Å². The lowest BCUT2D eigenvalue weighted by molar-refractivity contribution is 0.669. The average Bonchev–Trinajstić information content (AvgIpc) is 3.71. The van der Waals surface area contributed by atoms with Crippen molar-refractivity contribution in [1.82, 2.24) is 0 Å². The summed E-state index contributed by atoms with van der Waals surface area (Å²) in [5, 5.41) is 2.00. The van der Waals surface area contributed by atoms with Gasteiger partial charge in [0, 0.05) is 50.7 Å². The Bertz CT molecular complexity index is 3420. The summed E-state index contributed by atoms with van der Waals surface area (Å²) in [5.74, 6) is 0. The molecule has 4 heteroatoms. The van der Waals surface area contributed by atoms with Crippen LogP contribution >= 0.6 is 0 Å². The summed E-state index contributed by atoms with van der Waals surface area (Å²) in [5.41, 5.74) is 19.7. The van der Waals surface area contributed by atoms with Crippen LogP contribution in [-0.2, 0) is 25.7 Å². The molecule has 13 rings (SSSR count). The maximum absolute atomic E-state index is 9.94. The molecule has 2 aliphatic heterocycles. The van der Waals surface area contributed by atoms with Crippen molar-refractivity contribution in [2.45, 2.75) is 51.4 Å². The Labute approximate surface area is 357 Å². The maximum Gasteiger partial charge on any atom is 0.252 e. The SMILES string of the molecule is [2H]c1c([2H])c([2H])c2c(c1[2H])B1c3cc4c(cc3N(c3c(-c5ccccc5)ccc5c3CCCC5)c3cccc(c31)N2c1ccc2c(c1-c1ccccc1)CCCC2)oc1ccccc14. The zero-order chi connectivity index (χ0) is 42.8. The van der Waals surface area contributed by atoms with E-state index in [4.69, 9.17) is 4.42 Å². The Morgan fingerprint density at radius 1 is 0.483 bits per heavy atom. The van der Waals surface area contributed by atoms with Crippen molar-refractivity contribution in [3.05, 3.63) is 186 Å². The van der Waals surface area contributed by atoms with E-state index in [0.29, 0.717) is 11.2 Å². The molecule has 0 fully saturated rings. The van der Waals surface area contributed by atoms with E-state index in [1.165, 1.54) is 22.3 Å². The highest BCUT2D eigenvalue weighted by molar-refractivity contribution is 7.00. The molecule has 1 aromatic heterocycles. The fourth-order valence-electron chi connectivity index (χ4n) is 11.2. The second-order valence-electron chi connectivity index (χ2n) is 16.9. The van der Waals surface area contributed by atoms with Crippen LogP contribution < -0.4 is 26.2 Å². The quantitative estimate of drug-likeness (QED) is 0.166. The highest BCUT2D eigenvalue weighted by Crippen LogP contribution is 2.51. The molecule has 0 amide bonds. The third-order valence-electron chi connectivity index (χ3n) is 13.7. The molecule has 3 heterocycles. The summed E-state index contributed by atoms with van der Waals surface area (Å²) in [6, 6.07) is 49.2. The van der Waals surface area contributed by atoms with Crippen LogP contribution in [0.1, 0.15) is 53.4 Å². The molecule has 60 heavy (non-hydrogen) atoms. The first-order chi connectivity index (χ1) is 31.5. The summed E-state index contributed by atoms with van der Waals surface area (Å²) >= 11 is 0. The zero-order valence-corrected chi connectivity index (χ0v) is 33.3. The Kier molecular flexibility index (Phi) is 6.75. The average molecular weight is 775 g/mol. The van der Waals surface area contributed by atoms with Crippen LogP contribution in [0.4, 0.5) is 34.1 Å². The summed E-state index contributed by atoms with van der Waals surface area (Å²) < 4.78 is 45.0. The van der Waals surface area contributed by atoms with E-state index in [2.05, 4.69) is 131 Å². The summed E-state index contributed by atoms with van der Waals surface area (Å²) in [6.07, 6.45) is 8.46. The van der Waals surface area contributed by atoms with E-state index in [9.17, 15) is 5.48 Å². The van der Waals surface area contributed by atoms with Gasteiger partial charge < -0.3 is 14.2 Å². The zero-order valence-electron chi connectivity index (χ0n) is 37.3. The van der Waals surface area contributed by atoms with E-state index in [1.807, 2.05) is 18.2 Å². The van der Waals surface area contributed by atoms with E-state index < -0.39 is 6.71 Å². The van der Waals surface area contributed by atoms with Crippen LogP contribution in [0.25, 0.3) is 44.2 Å². The first kappa shape index (κ1) is 30.3. The highest BCUT2D eigenvalue weighted by Gasteiger charge is 2.45. The molecule has 2 aliphatic carbocycles. The molecule has 9 aromatic rings. The van der Waals surface area contributed by atoms with Gasteiger partial charge in [-0.1, -0.05) is 127 Å². The number of fused-ring (bicyclic) bond motifs is 9. The van der Waals surface area contributed by atoms with Gasteiger partial charge in [0.25, 0.3) is 6.71 Å². The van der Waals surface area contributed by atoms with Crippen LogP contribution in [0.5, 0.6) is 0 Å².